The Morgan fingerprint density at radius 2 is 1.90 bits per heavy atom. The molecule has 1 aliphatic carbocycles. The van der Waals surface area contributed by atoms with Gasteiger partial charge in [0, 0.05) is 33.3 Å². The predicted octanol–water partition coefficient (Wildman–Crippen LogP) is 3.84. The van der Waals surface area contributed by atoms with Gasteiger partial charge in [-0.2, -0.15) is 0 Å². The molecule has 29 heavy (non-hydrogen) atoms. The molecule has 0 aromatic heterocycles. The molecule has 0 radical (unpaired) electrons. The van der Waals surface area contributed by atoms with Crippen molar-refractivity contribution in [1.29, 1.82) is 0 Å². The van der Waals surface area contributed by atoms with Crippen LogP contribution in [-0.4, -0.2) is 57.4 Å². The fourth-order valence-electron chi connectivity index (χ4n) is 4.30. The van der Waals surface area contributed by atoms with Gasteiger partial charge in [-0.15, -0.1) is 0 Å². The largest absolute Gasteiger partial charge is 0.493 e. The molecule has 1 aromatic carbocycles. The molecule has 1 aliphatic heterocycles. The lowest BCUT2D eigenvalue weighted by Crippen LogP contribution is -2.46. The van der Waals surface area contributed by atoms with Gasteiger partial charge in [0.1, 0.15) is 0 Å². The van der Waals surface area contributed by atoms with Crippen LogP contribution in [-0.2, 0) is 11.3 Å². The number of rotatable bonds is 8. The second-order valence-corrected chi connectivity index (χ2v) is 7.99. The summed E-state index contributed by atoms with van der Waals surface area (Å²) in [4.78, 5) is 6.82. The van der Waals surface area contributed by atoms with E-state index in [1.165, 1.54) is 25.7 Å². The fourth-order valence-corrected chi connectivity index (χ4v) is 4.30. The minimum absolute atomic E-state index is 0.403. The van der Waals surface area contributed by atoms with Gasteiger partial charge in [0.25, 0.3) is 0 Å². The molecule has 0 amide bonds. The average Bonchev–Trinajstić information content (AvgIpc) is 3.28. The van der Waals surface area contributed by atoms with Gasteiger partial charge in [-0.25, -0.2) is 0 Å². The molecule has 2 fully saturated rings. The Bertz CT molecular complexity index is 651. The van der Waals surface area contributed by atoms with Crippen molar-refractivity contribution in [2.24, 2.45) is 10.9 Å². The second kappa shape index (κ2) is 11.3. The van der Waals surface area contributed by atoms with Crippen LogP contribution in [0.15, 0.2) is 23.2 Å². The van der Waals surface area contributed by atoms with Gasteiger partial charge in [0.05, 0.1) is 19.8 Å². The maximum atomic E-state index is 6.20. The summed E-state index contributed by atoms with van der Waals surface area (Å²) in [6, 6.07) is 6.05. The zero-order valence-corrected chi connectivity index (χ0v) is 18.3. The van der Waals surface area contributed by atoms with Gasteiger partial charge in [-0.3, -0.25) is 4.99 Å². The molecule has 1 saturated heterocycles. The Hall–Kier alpha value is -1.95. The van der Waals surface area contributed by atoms with Crippen LogP contribution < -0.4 is 14.8 Å². The number of aliphatic imine (C=N–C) groups is 1. The molecule has 1 aromatic rings. The molecule has 0 bridgehead atoms. The van der Waals surface area contributed by atoms with Crippen molar-refractivity contribution >= 4 is 5.96 Å². The number of benzene rings is 1. The molecule has 2 aliphatic rings. The number of ether oxygens (including phenoxy) is 3. The van der Waals surface area contributed by atoms with Crippen LogP contribution in [0.4, 0.5) is 0 Å². The van der Waals surface area contributed by atoms with Crippen LogP contribution in [0.25, 0.3) is 0 Å². The molecule has 1 N–H and O–H groups in total. The first-order valence-corrected chi connectivity index (χ1v) is 11.1. The Morgan fingerprint density at radius 1 is 1.14 bits per heavy atom. The standard InChI is InChI=1S/C23H37N3O3/c1-4-28-22-15-19(9-10-21(22)27-3)16-25-23(24-2)26-13-11-20(12-14-26)29-17-18-7-5-6-8-18/h9-10,15,18,20H,4-8,11-14,16-17H2,1-3H3,(H,24,25). The molecule has 0 unspecified atom stereocenters. The number of hydrogen-bond acceptors (Lipinski definition) is 4. The number of piperidine rings is 1. The summed E-state index contributed by atoms with van der Waals surface area (Å²) in [5.41, 5.74) is 1.14. The molecule has 6 heteroatoms. The van der Waals surface area contributed by atoms with E-state index in [1.807, 2.05) is 26.1 Å². The highest BCUT2D eigenvalue weighted by Gasteiger charge is 2.24. The van der Waals surface area contributed by atoms with E-state index < -0.39 is 0 Å². The molecular formula is C23H37N3O3. The van der Waals surface area contributed by atoms with Gasteiger partial charge in [0.2, 0.25) is 0 Å². The maximum absolute atomic E-state index is 6.20. The first-order chi connectivity index (χ1) is 14.2. The van der Waals surface area contributed by atoms with Gasteiger partial charge < -0.3 is 24.4 Å². The van der Waals surface area contributed by atoms with Crippen LogP contribution in [0, 0.1) is 5.92 Å². The lowest BCUT2D eigenvalue weighted by atomic mass is 10.1. The first-order valence-electron chi connectivity index (χ1n) is 11.1. The molecule has 162 valence electrons. The van der Waals surface area contributed by atoms with Crippen molar-refractivity contribution < 1.29 is 14.2 Å². The van der Waals surface area contributed by atoms with Gasteiger partial charge >= 0.3 is 0 Å². The van der Waals surface area contributed by atoms with Crippen molar-refractivity contribution in [3.05, 3.63) is 23.8 Å². The number of guanidine groups is 1. The highest BCUT2D eigenvalue weighted by atomic mass is 16.5. The van der Waals surface area contributed by atoms with Crippen LogP contribution in [0.3, 0.4) is 0 Å². The monoisotopic (exact) mass is 403 g/mol. The number of methoxy groups -OCH3 is 1. The van der Waals surface area contributed by atoms with Gasteiger partial charge in [0.15, 0.2) is 17.5 Å². The average molecular weight is 404 g/mol. The number of likely N-dealkylation sites (tertiary alicyclic amines) is 1. The number of nitrogens with one attached hydrogen (secondary N) is 1. The quantitative estimate of drug-likeness (QED) is 0.528. The number of nitrogens with zero attached hydrogens (tertiary/aromatic N) is 2. The van der Waals surface area contributed by atoms with Crippen molar-refractivity contribution in [2.75, 3.05) is 40.5 Å². The summed E-state index contributed by atoms with van der Waals surface area (Å²) < 4.78 is 17.3. The third-order valence-corrected chi connectivity index (χ3v) is 5.97. The van der Waals surface area contributed by atoms with E-state index in [9.17, 15) is 0 Å². The Kier molecular flexibility index (Phi) is 8.47. The van der Waals surface area contributed by atoms with Crippen LogP contribution in [0.5, 0.6) is 11.5 Å². The smallest absolute Gasteiger partial charge is 0.193 e. The van der Waals surface area contributed by atoms with E-state index in [0.717, 1.165) is 61.5 Å². The first kappa shape index (κ1) is 21.8. The van der Waals surface area contributed by atoms with Crippen molar-refractivity contribution in [1.82, 2.24) is 10.2 Å². The maximum Gasteiger partial charge on any atom is 0.193 e. The zero-order chi connectivity index (χ0) is 20.5. The van der Waals surface area contributed by atoms with Crippen LogP contribution in [0.1, 0.15) is 51.0 Å². The van der Waals surface area contributed by atoms with Crippen LogP contribution >= 0.6 is 0 Å². The topological polar surface area (TPSA) is 55.3 Å². The van der Waals surface area contributed by atoms with Gasteiger partial charge in [-0.05, 0) is 56.2 Å². The molecule has 6 nitrogen and oxygen atoms in total. The molecule has 1 heterocycles. The SMILES string of the molecule is CCOc1cc(CNC(=NC)N2CCC(OCC3CCCC3)CC2)ccc1OC. The zero-order valence-electron chi connectivity index (χ0n) is 18.3. The third-order valence-electron chi connectivity index (χ3n) is 5.97. The Labute approximate surface area is 175 Å². The summed E-state index contributed by atoms with van der Waals surface area (Å²) >= 11 is 0. The Morgan fingerprint density at radius 3 is 2.55 bits per heavy atom. The summed E-state index contributed by atoms with van der Waals surface area (Å²) in [6.45, 7) is 6.23. The van der Waals surface area contributed by atoms with E-state index in [1.54, 1.807) is 7.11 Å². The molecule has 3 rings (SSSR count). The molecule has 0 atom stereocenters. The Balaban J connectivity index is 1.45. The minimum Gasteiger partial charge on any atom is -0.493 e. The second-order valence-electron chi connectivity index (χ2n) is 7.99. The summed E-state index contributed by atoms with van der Waals surface area (Å²) in [7, 11) is 3.52. The van der Waals surface area contributed by atoms with Crippen molar-refractivity contribution in [3.8, 4) is 11.5 Å². The van der Waals surface area contributed by atoms with E-state index >= 15 is 0 Å². The van der Waals surface area contributed by atoms with E-state index in [-0.39, 0.29) is 0 Å². The van der Waals surface area contributed by atoms with Crippen molar-refractivity contribution in [2.45, 2.75) is 58.1 Å². The highest BCUT2D eigenvalue weighted by Crippen LogP contribution is 2.28. The lowest BCUT2D eigenvalue weighted by molar-refractivity contribution is 0.00101. The predicted molar refractivity (Wildman–Crippen MR) is 117 cm³/mol. The van der Waals surface area contributed by atoms with E-state index in [4.69, 9.17) is 14.2 Å². The minimum atomic E-state index is 0.403. The van der Waals surface area contributed by atoms with Gasteiger partial charge in [-0.1, -0.05) is 18.9 Å². The van der Waals surface area contributed by atoms with E-state index in [2.05, 4.69) is 21.3 Å². The molecular weight excluding hydrogens is 366 g/mol. The summed E-state index contributed by atoms with van der Waals surface area (Å²) in [6.07, 6.45) is 8.02. The summed E-state index contributed by atoms with van der Waals surface area (Å²) in [5.74, 6) is 3.30. The van der Waals surface area contributed by atoms with Crippen LogP contribution in [0.2, 0.25) is 0 Å². The lowest BCUT2D eigenvalue weighted by Gasteiger charge is -2.34. The number of hydrogen-bond donors (Lipinski definition) is 1. The van der Waals surface area contributed by atoms with E-state index in [0.29, 0.717) is 19.3 Å². The highest BCUT2D eigenvalue weighted by molar-refractivity contribution is 5.80. The molecule has 0 spiro atoms. The van der Waals surface area contributed by atoms with Crippen molar-refractivity contribution in [3.63, 3.8) is 0 Å². The fraction of sp³-hybridized carbons (Fsp3) is 0.696. The summed E-state index contributed by atoms with van der Waals surface area (Å²) in [5, 5.41) is 3.49. The molecule has 1 saturated carbocycles. The normalized spacial score (nSPS) is 18.9. The third kappa shape index (κ3) is 6.26.